The van der Waals surface area contributed by atoms with Crippen molar-refractivity contribution in [3.8, 4) is 0 Å². The molecule has 7 heteroatoms. The monoisotopic (exact) mass is 398 g/mol. The topological polar surface area (TPSA) is 58.1 Å². The second-order valence-corrected chi connectivity index (χ2v) is 8.57. The molecule has 0 aliphatic carbocycles. The molecule has 3 heterocycles. The Balaban J connectivity index is 1.35. The van der Waals surface area contributed by atoms with Crippen molar-refractivity contribution >= 4 is 33.3 Å². The van der Waals surface area contributed by atoms with Crippen LogP contribution in [0, 0.1) is 25.6 Å². The van der Waals surface area contributed by atoms with E-state index in [-0.39, 0.29) is 17.6 Å². The Bertz CT molecular complexity index is 1010. The maximum atomic E-state index is 13.6. The summed E-state index contributed by atoms with van der Waals surface area (Å²) >= 11 is 1.67. The SMILES string of the molecule is Cc1cc2c(N3CCC(C(=O)NCc4ccc(C)c(F)c4)CC3)ncnc2s1. The van der Waals surface area contributed by atoms with E-state index in [1.54, 1.807) is 30.7 Å². The summed E-state index contributed by atoms with van der Waals surface area (Å²) < 4.78 is 13.6. The number of anilines is 1. The Morgan fingerprint density at radius 2 is 2.04 bits per heavy atom. The number of fused-ring (bicyclic) bond motifs is 1. The van der Waals surface area contributed by atoms with Crippen LogP contribution in [0.5, 0.6) is 0 Å². The molecule has 1 aliphatic heterocycles. The van der Waals surface area contributed by atoms with Gasteiger partial charge in [-0.25, -0.2) is 14.4 Å². The molecule has 1 saturated heterocycles. The van der Waals surface area contributed by atoms with Crippen LogP contribution in [0.4, 0.5) is 10.2 Å². The number of rotatable bonds is 4. The maximum Gasteiger partial charge on any atom is 0.223 e. The number of halogens is 1. The van der Waals surface area contributed by atoms with Crippen molar-refractivity contribution in [3.63, 3.8) is 0 Å². The van der Waals surface area contributed by atoms with E-state index in [0.717, 1.165) is 47.5 Å². The minimum absolute atomic E-state index is 0.0203. The van der Waals surface area contributed by atoms with Crippen molar-refractivity contribution in [3.05, 3.63) is 52.4 Å². The van der Waals surface area contributed by atoms with E-state index in [9.17, 15) is 9.18 Å². The van der Waals surface area contributed by atoms with E-state index in [1.807, 2.05) is 6.07 Å². The van der Waals surface area contributed by atoms with Crippen molar-refractivity contribution in [2.75, 3.05) is 18.0 Å². The van der Waals surface area contributed by atoms with Crippen LogP contribution < -0.4 is 10.2 Å². The van der Waals surface area contributed by atoms with Crippen LogP contribution in [0.2, 0.25) is 0 Å². The van der Waals surface area contributed by atoms with Crippen molar-refractivity contribution < 1.29 is 9.18 Å². The number of aromatic nitrogens is 2. The highest BCUT2D eigenvalue weighted by Crippen LogP contribution is 2.32. The molecular weight excluding hydrogens is 375 g/mol. The van der Waals surface area contributed by atoms with E-state index in [4.69, 9.17) is 0 Å². The average molecular weight is 399 g/mol. The molecule has 0 saturated carbocycles. The first-order valence-electron chi connectivity index (χ1n) is 9.50. The Hall–Kier alpha value is -2.54. The predicted octanol–water partition coefficient (Wildman–Crippen LogP) is 3.98. The molecule has 1 N–H and O–H groups in total. The predicted molar refractivity (Wildman–Crippen MR) is 110 cm³/mol. The fourth-order valence-corrected chi connectivity index (χ4v) is 4.49. The fourth-order valence-electron chi connectivity index (χ4n) is 3.65. The van der Waals surface area contributed by atoms with Gasteiger partial charge in [0.1, 0.15) is 22.8 Å². The lowest BCUT2D eigenvalue weighted by Gasteiger charge is -2.32. The first kappa shape index (κ1) is 18.8. The minimum Gasteiger partial charge on any atom is -0.356 e. The van der Waals surface area contributed by atoms with Gasteiger partial charge in [-0.05, 0) is 49.9 Å². The molecule has 28 heavy (non-hydrogen) atoms. The second-order valence-electron chi connectivity index (χ2n) is 7.34. The Kier molecular flexibility index (Phi) is 5.26. The minimum atomic E-state index is -0.236. The molecule has 0 radical (unpaired) electrons. The number of hydrogen-bond acceptors (Lipinski definition) is 5. The van der Waals surface area contributed by atoms with Crippen LogP contribution in [0.15, 0.2) is 30.6 Å². The number of benzene rings is 1. The Morgan fingerprint density at radius 3 is 2.79 bits per heavy atom. The highest BCUT2D eigenvalue weighted by atomic mass is 32.1. The van der Waals surface area contributed by atoms with Crippen molar-refractivity contribution in [1.82, 2.24) is 15.3 Å². The average Bonchev–Trinajstić information content (AvgIpc) is 3.09. The standard InChI is InChI=1S/C21H23FN4OS/c1-13-3-4-15(10-18(13)22)11-23-20(27)16-5-7-26(8-6-16)19-17-9-14(2)28-21(17)25-12-24-19/h3-4,9-10,12,16H,5-8,11H2,1-2H3,(H,23,27). The Morgan fingerprint density at radius 1 is 1.25 bits per heavy atom. The fraction of sp³-hybridized carbons (Fsp3) is 0.381. The molecule has 1 fully saturated rings. The molecule has 1 aromatic carbocycles. The zero-order valence-electron chi connectivity index (χ0n) is 16.0. The first-order chi connectivity index (χ1) is 13.5. The summed E-state index contributed by atoms with van der Waals surface area (Å²) in [5, 5.41) is 4.05. The summed E-state index contributed by atoms with van der Waals surface area (Å²) in [6.45, 7) is 5.74. The van der Waals surface area contributed by atoms with Gasteiger partial charge in [0.25, 0.3) is 0 Å². The zero-order chi connectivity index (χ0) is 19.7. The number of nitrogens with zero attached hydrogens (tertiary/aromatic N) is 3. The largest absolute Gasteiger partial charge is 0.356 e. The van der Waals surface area contributed by atoms with Gasteiger partial charge in [-0.15, -0.1) is 11.3 Å². The van der Waals surface area contributed by atoms with E-state index in [1.165, 1.54) is 10.9 Å². The highest BCUT2D eigenvalue weighted by molar-refractivity contribution is 7.18. The normalized spacial score (nSPS) is 15.2. The molecule has 1 amide bonds. The quantitative estimate of drug-likeness (QED) is 0.722. The van der Waals surface area contributed by atoms with E-state index >= 15 is 0 Å². The third-order valence-corrected chi connectivity index (χ3v) is 6.26. The summed E-state index contributed by atoms with van der Waals surface area (Å²) in [6.07, 6.45) is 3.18. The van der Waals surface area contributed by atoms with Crippen LogP contribution in [0.3, 0.4) is 0 Å². The van der Waals surface area contributed by atoms with Gasteiger partial charge in [0.05, 0.1) is 5.39 Å². The lowest BCUT2D eigenvalue weighted by molar-refractivity contribution is -0.125. The third-order valence-electron chi connectivity index (χ3n) is 5.30. The van der Waals surface area contributed by atoms with E-state index < -0.39 is 0 Å². The van der Waals surface area contributed by atoms with Gasteiger partial charge in [0.15, 0.2) is 0 Å². The molecular formula is C21H23FN4OS. The van der Waals surface area contributed by atoms with Crippen molar-refractivity contribution in [2.45, 2.75) is 33.2 Å². The lowest BCUT2D eigenvalue weighted by atomic mass is 9.95. The van der Waals surface area contributed by atoms with Crippen LogP contribution in [0.25, 0.3) is 10.2 Å². The molecule has 5 nitrogen and oxygen atoms in total. The van der Waals surface area contributed by atoms with Gasteiger partial charge in [-0.1, -0.05) is 12.1 Å². The molecule has 0 unspecified atom stereocenters. The molecule has 2 aromatic heterocycles. The summed E-state index contributed by atoms with van der Waals surface area (Å²) in [5.74, 6) is 0.746. The van der Waals surface area contributed by atoms with E-state index in [0.29, 0.717) is 12.1 Å². The number of thiophene rings is 1. The molecule has 0 spiro atoms. The number of carbonyl (C=O) groups is 1. The van der Waals surface area contributed by atoms with Gasteiger partial charge < -0.3 is 10.2 Å². The third kappa shape index (κ3) is 3.85. The Labute approximate surface area is 167 Å². The molecule has 0 atom stereocenters. The second kappa shape index (κ2) is 7.83. The number of nitrogens with one attached hydrogen (secondary N) is 1. The van der Waals surface area contributed by atoms with Gasteiger partial charge in [0.2, 0.25) is 5.91 Å². The summed E-state index contributed by atoms with van der Waals surface area (Å²) in [6, 6.07) is 7.21. The van der Waals surface area contributed by atoms with Crippen molar-refractivity contribution in [1.29, 1.82) is 0 Å². The van der Waals surface area contributed by atoms with Gasteiger partial charge in [0, 0.05) is 30.4 Å². The molecule has 4 rings (SSSR count). The number of aryl methyl sites for hydroxylation is 2. The van der Waals surface area contributed by atoms with Gasteiger partial charge >= 0.3 is 0 Å². The number of amides is 1. The molecule has 0 bridgehead atoms. The lowest BCUT2D eigenvalue weighted by Crippen LogP contribution is -2.40. The zero-order valence-corrected chi connectivity index (χ0v) is 16.9. The number of hydrogen-bond donors (Lipinski definition) is 1. The number of carbonyl (C=O) groups excluding carboxylic acids is 1. The first-order valence-corrected chi connectivity index (χ1v) is 10.3. The molecule has 1 aliphatic rings. The van der Waals surface area contributed by atoms with Gasteiger partial charge in [-0.2, -0.15) is 0 Å². The number of piperidine rings is 1. The highest BCUT2D eigenvalue weighted by Gasteiger charge is 2.26. The van der Waals surface area contributed by atoms with Crippen LogP contribution in [0.1, 0.15) is 28.8 Å². The summed E-state index contributed by atoms with van der Waals surface area (Å²) in [5.41, 5.74) is 1.40. The van der Waals surface area contributed by atoms with Gasteiger partial charge in [-0.3, -0.25) is 4.79 Å². The summed E-state index contributed by atoms with van der Waals surface area (Å²) in [4.78, 5) is 25.9. The smallest absolute Gasteiger partial charge is 0.223 e. The molecule has 3 aromatic rings. The summed E-state index contributed by atoms with van der Waals surface area (Å²) in [7, 11) is 0. The maximum absolute atomic E-state index is 13.6. The van der Waals surface area contributed by atoms with Crippen LogP contribution in [-0.2, 0) is 11.3 Å². The van der Waals surface area contributed by atoms with Crippen LogP contribution in [-0.4, -0.2) is 29.0 Å². The van der Waals surface area contributed by atoms with E-state index in [2.05, 4.69) is 33.2 Å². The van der Waals surface area contributed by atoms with Crippen LogP contribution >= 0.6 is 11.3 Å². The molecule has 146 valence electrons. The van der Waals surface area contributed by atoms with Crippen molar-refractivity contribution in [2.24, 2.45) is 5.92 Å².